The first-order chi connectivity index (χ1) is 12.3. The lowest BCUT2D eigenvalue weighted by molar-refractivity contribution is 0.252. The molecule has 0 radical (unpaired) electrons. The first kappa shape index (κ1) is 16.4. The van der Waals surface area contributed by atoms with E-state index in [0.717, 1.165) is 5.69 Å². The normalized spacial score (nSPS) is 10.1. The van der Waals surface area contributed by atoms with Crippen LogP contribution in [0.2, 0.25) is 0 Å². The van der Waals surface area contributed by atoms with Gasteiger partial charge in [0.2, 0.25) is 5.88 Å². The molecule has 0 bridgehead atoms. The Morgan fingerprint density at radius 1 is 0.960 bits per heavy atom. The van der Waals surface area contributed by atoms with Gasteiger partial charge in [-0.2, -0.15) is 0 Å². The highest BCUT2D eigenvalue weighted by Crippen LogP contribution is 2.22. The summed E-state index contributed by atoms with van der Waals surface area (Å²) >= 11 is 0. The number of pyridine rings is 2. The second kappa shape index (κ2) is 8.44. The van der Waals surface area contributed by atoms with Gasteiger partial charge in [-0.15, -0.1) is 0 Å². The van der Waals surface area contributed by atoms with Crippen LogP contribution >= 0.6 is 0 Å². The Kier molecular flexibility index (Phi) is 5.56. The van der Waals surface area contributed by atoms with Crippen LogP contribution in [-0.2, 0) is 6.42 Å². The first-order valence-electron chi connectivity index (χ1n) is 7.93. The van der Waals surface area contributed by atoms with E-state index in [1.807, 2.05) is 36.4 Å². The number of amides is 2. The summed E-state index contributed by atoms with van der Waals surface area (Å²) in [5.74, 6) is 1.10. The van der Waals surface area contributed by atoms with Crippen molar-refractivity contribution in [1.29, 1.82) is 0 Å². The Hall–Kier alpha value is -3.41. The summed E-state index contributed by atoms with van der Waals surface area (Å²) in [5.41, 5.74) is 1.58. The van der Waals surface area contributed by atoms with E-state index in [-0.39, 0.29) is 6.03 Å². The molecular formula is C19H18N4O2. The number of urea groups is 1. The largest absolute Gasteiger partial charge is 0.439 e. The van der Waals surface area contributed by atoms with Gasteiger partial charge in [-0.25, -0.2) is 9.78 Å². The van der Waals surface area contributed by atoms with E-state index in [1.165, 1.54) is 0 Å². The van der Waals surface area contributed by atoms with E-state index in [4.69, 9.17) is 4.74 Å². The van der Waals surface area contributed by atoms with Crippen LogP contribution < -0.4 is 15.4 Å². The first-order valence-corrected chi connectivity index (χ1v) is 7.93. The van der Waals surface area contributed by atoms with Crippen LogP contribution in [0.1, 0.15) is 5.69 Å². The summed E-state index contributed by atoms with van der Waals surface area (Å²) < 4.78 is 5.65. The SMILES string of the molecule is O=C(NCCc1ccccn1)Nc1cccc(Oc2ccccn2)c1. The van der Waals surface area contributed by atoms with Crippen LogP contribution in [0.25, 0.3) is 0 Å². The maximum atomic E-state index is 12.0. The molecule has 0 saturated carbocycles. The molecule has 3 aromatic rings. The van der Waals surface area contributed by atoms with Gasteiger partial charge in [-0.1, -0.05) is 18.2 Å². The molecule has 0 saturated heterocycles. The second-order valence-corrected chi connectivity index (χ2v) is 5.25. The molecule has 0 atom stereocenters. The minimum absolute atomic E-state index is 0.272. The van der Waals surface area contributed by atoms with Crippen LogP contribution in [0.4, 0.5) is 10.5 Å². The van der Waals surface area contributed by atoms with Gasteiger partial charge in [-0.3, -0.25) is 4.98 Å². The van der Waals surface area contributed by atoms with Gasteiger partial charge in [0, 0.05) is 48.9 Å². The topological polar surface area (TPSA) is 76.1 Å². The number of ether oxygens (including phenoxy) is 1. The molecule has 2 aromatic heterocycles. The maximum Gasteiger partial charge on any atom is 0.319 e. The molecule has 0 fully saturated rings. The quantitative estimate of drug-likeness (QED) is 0.722. The zero-order valence-electron chi connectivity index (χ0n) is 13.6. The molecule has 6 heteroatoms. The van der Waals surface area contributed by atoms with Gasteiger partial charge >= 0.3 is 6.03 Å². The Morgan fingerprint density at radius 3 is 2.56 bits per heavy atom. The number of rotatable bonds is 6. The third kappa shape index (κ3) is 5.31. The highest BCUT2D eigenvalue weighted by atomic mass is 16.5. The van der Waals surface area contributed by atoms with E-state index < -0.39 is 0 Å². The van der Waals surface area contributed by atoms with Gasteiger partial charge < -0.3 is 15.4 Å². The zero-order valence-corrected chi connectivity index (χ0v) is 13.6. The number of aromatic nitrogens is 2. The van der Waals surface area contributed by atoms with Crippen molar-refractivity contribution in [2.24, 2.45) is 0 Å². The lowest BCUT2D eigenvalue weighted by Gasteiger charge is -2.09. The van der Waals surface area contributed by atoms with Crippen LogP contribution in [0.3, 0.4) is 0 Å². The van der Waals surface area contributed by atoms with E-state index >= 15 is 0 Å². The lowest BCUT2D eigenvalue weighted by Crippen LogP contribution is -2.30. The molecule has 2 amide bonds. The molecule has 1 aromatic carbocycles. The van der Waals surface area contributed by atoms with E-state index in [2.05, 4.69) is 20.6 Å². The van der Waals surface area contributed by atoms with Gasteiger partial charge in [0.05, 0.1) is 0 Å². The highest BCUT2D eigenvalue weighted by molar-refractivity contribution is 5.89. The average Bonchev–Trinajstić information content (AvgIpc) is 2.64. The van der Waals surface area contributed by atoms with E-state index in [0.29, 0.717) is 30.3 Å². The Bertz CT molecular complexity index is 810. The summed E-state index contributed by atoms with van der Waals surface area (Å²) in [7, 11) is 0. The summed E-state index contributed by atoms with van der Waals surface area (Å²) in [6.07, 6.45) is 4.08. The van der Waals surface area contributed by atoms with Gasteiger partial charge in [0.25, 0.3) is 0 Å². The summed E-state index contributed by atoms with van der Waals surface area (Å²) in [5, 5.41) is 5.59. The fraction of sp³-hybridized carbons (Fsp3) is 0.105. The average molecular weight is 334 g/mol. The molecule has 0 aliphatic carbocycles. The van der Waals surface area contributed by atoms with Crippen LogP contribution in [0.5, 0.6) is 11.6 Å². The summed E-state index contributed by atoms with van der Waals surface area (Å²) in [6, 6.07) is 18.0. The smallest absolute Gasteiger partial charge is 0.319 e. The van der Waals surface area contributed by atoms with Gasteiger partial charge in [0.15, 0.2) is 0 Å². The minimum atomic E-state index is -0.272. The minimum Gasteiger partial charge on any atom is -0.439 e. The predicted molar refractivity (Wildman–Crippen MR) is 95.7 cm³/mol. The van der Waals surface area contributed by atoms with Crippen molar-refractivity contribution in [3.8, 4) is 11.6 Å². The summed E-state index contributed by atoms with van der Waals surface area (Å²) in [4.78, 5) is 20.3. The lowest BCUT2D eigenvalue weighted by atomic mass is 10.3. The monoisotopic (exact) mass is 334 g/mol. The zero-order chi connectivity index (χ0) is 17.3. The predicted octanol–water partition coefficient (Wildman–Crippen LogP) is 3.63. The molecule has 2 N–H and O–H groups in total. The molecule has 2 heterocycles. The number of carbonyl (C=O) groups excluding carboxylic acids is 1. The molecule has 6 nitrogen and oxygen atoms in total. The van der Waals surface area contributed by atoms with Crippen molar-refractivity contribution in [3.05, 3.63) is 78.8 Å². The molecule has 0 spiro atoms. The fourth-order valence-corrected chi connectivity index (χ4v) is 2.19. The van der Waals surface area contributed by atoms with Gasteiger partial charge in [0.1, 0.15) is 5.75 Å². The van der Waals surface area contributed by atoms with Crippen LogP contribution in [-0.4, -0.2) is 22.5 Å². The number of hydrogen-bond donors (Lipinski definition) is 2. The van der Waals surface area contributed by atoms with Crippen molar-refractivity contribution in [2.75, 3.05) is 11.9 Å². The third-order valence-electron chi connectivity index (χ3n) is 3.34. The molecule has 3 rings (SSSR count). The van der Waals surface area contributed by atoms with E-state index in [1.54, 1.807) is 36.7 Å². The van der Waals surface area contributed by atoms with Crippen molar-refractivity contribution in [2.45, 2.75) is 6.42 Å². The Morgan fingerprint density at radius 2 is 1.80 bits per heavy atom. The van der Waals surface area contributed by atoms with Crippen molar-refractivity contribution < 1.29 is 9.53 Å². The van der Waals surface area contributed by atoms with Crippen molar-refractivity contribution in [3.63, 3.8) is 0 Å². The second-order valence-electron chi connectivity index (χ2n) is 5.25. The molecule has 0 unspecified atom stereocenters. The van der Waals surface area contributed by atoms with Crippen LogP contribution in [0.15, 0.2) is 73.1 Å². The fourth-order valence-electron chi connectivity index (χ4n) is 2.19. The molecule has 0 aliphatic heterocycles. The number of carbonyl (C=O) groups is 1. The van der Waals surface area contributed by atoms with Crippen molar-refractivity contribution in [1.82, 2.24) is 15.3 Å². The molecular weight excluding hydrogens is 316 g/mol. The number of anilines is 1. The number of benzene rings is 1. The molecule has 25 heavy (non-hydrogen) atoms. The number of nitrogens with zero attached hydrogens (tertiary/aromatic N) is 2. The number of hydrogen-bond acceptors (Lipinski definition) is 4. The maximum absolute atomic E-state index is 12.0. The third-order valence-corrected chi connectivity index (χ3v) is 3.34. The summed E-state index contributed by atoms with van der Waals surface area (Å²) in [6.45, 7) is 0.507. The standard InChI is InChI=1S/C19H18N4O2/c24-19(22-13-10-15-6-1-3-11-20-15)23-16-7-5-8-17(14-16)25-18-9-2-4-12-21-18/h1-9,11-12,14H,10,13H2,(H2,22,23,24). The molecule has 126 valence electrons. The Labute approximate surface area is 145 Å². The van der Waals surface area contributed by atoms with E-state index in [9.17, 15) is 4.79 Å². The van der Waals surface area contributed by atoms with Gasteiger partial charge in [-0.05, 0) is 30.3 Å². The molecule has 0 aliphatic rings. The van der Waals surface area contributed by atoms with Crippen molar-refractivity contribution >= 4 is 11.7 Å². The Balaban J connectivity index is 1.50. The highest BCUT2D eigenvalue weighted by Gasteiger charge is 2.04. The number of nitrogens with one attached hydrogen (secondary N) is 2. The van der Waals surface area contributed by atoms with Crippen LogP contribution in [0, 0.1) is 0 Å².